The quantitative estimate of drug-likeness (QED) is 0.696. The number of sulfonamides is 1. The van der Waals surface area contributed by atoms with Gasteiger partial charge in [0.05, 0.1) is 10.8 Å². The zero-order valence-corrected chi connectivity index (χ0v) is 18.6. The van der Waals surface area contributed by atoms with E-state index in [0.29, 0.717) is 30.6 Å². The van der Waals surface area contributed by atoms with Gasteiger partial charge in [-0.25, -0.2) is 8.42 Å². The van der Waals surface area contributed by atoms with Gasteiger partial charge < -0.3 is 4.74 Å². The minimum atomic E-state index is -3.63. The Morgan fingerprint density at radius 1 is 1.00 bits per heavy atom. The minimum absolute atomic E-state index is 0.00498. The van der Waals surface area contributed by atoms with E-state index in [1.165, 1.54) is 4.31 Å². The molecule has 0 aromatic heterocycles. The average molecular weight is 422 g/mol. The second-order valence-corrected chi connectivity index (χ2v) is 10.3. The van der Waals surface area contributed by atoms with Gasteiger partial charge in [0.2, 0.25) is 10.0 Å². The molecule has 0 unspecified atom stereocenters. The molecule has 7 heteroatoms. The fourth-order valence-electron chi connectivity index (χ4n) is 4.34. The lowest BCUT2D eigenvalue weighted by atomic mass is 9.95. The van der Waals surface area contributed by atoms with Crippen molar-refractivity contribution in [2.75, 3.05) is 13.1 Å². The van der Waals surface area contributed by atoms with Gasteiger partial charge in [0.1, 0.15) is 0 Å². The molecule has 1 heterocycles. The van der Waals surface area contributed by atoms with Crippen LogP contribution in [0, 0.1) is 33.6 Å². The highest BCUT2D eigenvalue weighted by Crippen LogP contribution is 2.31. The summed E-state index contributed by atoms with van der Waals surface area (Å²) in [7, 11) is -3.63. The van der Waals surface area contributed by atoms with Crippen molar-refractivity contribution >= 4 is 21.8 Å². The normalized spacial score (nSPS) is 21.9. The predicted octanol–water partition coefficient (Wildman–Crippen LogP) is 3.38. The Kier molecular flexibility index (Phi) is 6.48. The maximum Gasteiger partial charge on any atom is 0.309 e. The second-order valence-electron chi connectivity index (χ2n) is 8.41. The van der Waals surface area contributed by atoms with E-state index >= 15 is 0 Å². The molecule has 1 aromatic rings. The number of carbonyl (C=O) groups excluding carboxylic acids is 2. The molecule has 160 valence electrons. The van der Waals surface area contributed by atoms with Crippen LogP contribution < -0.4 is 0 Å². The lowest BCUT2D eigenvalue weighted by Crippen LogP contribution is -2.42. The van der Waals surface area contributed by atoms with Gasteiger partial charge in [-0.1, -0.05) is 6.07 Å². The van der Waals surface area contributed by atoms with E-state index in [1.54, 1.807) is 0 Å². The molecule has 29 heavy (non-hydrogen) atoms. The van der Waals surface area contributed by atoms with Gasteiger partial charge in [-0.15, -0.1) is 0 Å². The Bertz CT molecular complexity index is 887. The SMILES string of the molecule is Cc1cc(C)c(C)c(S(=O)(=O)N2CCC(C(=O)O[C@@H]3CCCCC3=O)CC2)c1C. The van der Waals surface area contributed by atoms with Crippen LogP contribution >= 0.6 is 0 Å². The molecule has 0 N–H and O–H groups in total. The molecule has 1 saturated heterocycles. The number of piperidine rings is 1. The lowest BCUT2D eigenvalue weighted by molar-refractivity contribution is -0.161. The number of aryl methyl sites for hydroxylation is 2. The van der Waals surface area contributed by atoms with Crippen molar-refractivity contribution in [2.24, 2.45) is 5.92 Å². The highest BCUT2D eigenvalue weighted by atomic mass is 32.2. The van der Waals surface area contributed by atoms with Crippen LogP contribution in [0.5, 0.6) is 0 Å². The van der Waals surface area contributed by atoms with Crippen molar-refractivity contribution in [2.45, 2.75) is 77.2 Å². The van der Waals surface area contributed by atoms with Gasteiger partial charge in [-0.05, 0) is 82.1 Å². The van der Waals surface area contributed by atoms with Gasteiger partial charge in [0.15, 0.2) is 11.9 Å². The molecule has 1 aliphatic carbocycles. The van der Waals surface area contributed by atoms with E-state index in [-0.39, 0.29) is 30.8 Å². The van der Waals surface area contributed by atoms with E-state index in [2.05, 4.69) is 0 Å². The van der Waals surface area contributed by atoms with Gasteiger partial charge in [-0.2, -0.15) is 4.31 Å². The molecule has 1 aliphatic heterocycles. The van der Waals surface area contributed by atoms with Crippen LogP contribution in [0.25, 0.3) is 0 Å². The maximum absolute atomic E-state index is 13.3. The molecule has 0 amide bonds. The van der Waals surface area contributed by atoms with Gasteiger partial charge in [-0.3, -0.25) is 9.59 Å². The van der Waals surface area contributed by atoms with Crippen LogP contribution in [-0.4, -0.2) is 43.7 Å². The zero-order valence-electron chi connectivity index (χ0n) is 17.8. The van der Waals surface area contributed by atoms with Crippen molar-refractivity contribution < 1.29 is 22.7 Å². The second kappa shape index (κ2) is 8.56. The highest BCUT2D eigenvalue weighted by Gasteiger charge is 2.36. The Balaban J connectivity index is 1.69. The molecule has 0 spiro atoms. The minimum Gasteiger partial charge on any atom is -0.454 e. The monoisotopic (exact) mass is 421 g/mol. The Hall–Kier alpha value is -1.73. The average Bonchev–Trinajstić information content (AvgIpc) is 2.68. The topological polar surface area (TPSA) is 80.8 Å². The first-order valence-electron chi connectivity index (χ1n) is 10.4. The van der Waals surface area contributed by atoms with E-state index in [1.807, 2.05) is 33.8 Å². The summed E-state index contributed by atoms with van der Waals surface area (Å²) in [6, 6.07) is 2.01. The molecule has 1 saturated carbocycles. The van der Waals surface area contributed by atoms with Crippen LogP contribution in [0.3, 0.4) is 0 Å². The van der Waals surface area contributed by atoms with Crippen LogP contribution in [0.1, 0.15) is 60.8 Å². The van der Waals surface area contributed by atoms with Crippen molar-refractivity contribution in [3.63, 3.8) is 0 Å². The molecule has 0 radical (unpaired) electrons. The fraction of sp³-hybridized carbons (Fsp3) is 0.636. The number of carbonyl (C=O) groups is 2. The molecule has 2 fully saturated rings. The molecule has 0 bridgehead atoms. The predicted molar refractivity (Wildman–Crippen MR) is 110 cm³/mol. The van der Waals surface area contributed by atoms with Crippen LogP contribution in [0.15, 0.2) is 11.0 Å². The fourth-order valence-corrected chi connectivity index (χ4v) is 6.39. The molecule has 1 atom stereocenters. The van der Waals surface area contributed by atoms with E-state index in [4.69, 9.17) is 4.74 Å². The molecular weight excluding hydrogens is 390 g/mol. The highest BCUT2D eigenvalue weighted by molar-refractivity contribution is 7.89. The third kappa shape index (κ3) is 4.40. The number of ketones is 1. The summed E-state index contributed by atoms with van der Waals surface area (Å²) in [5.41, 5.74) is 3.49. The Morgan fingerprint density at radius 3 is 2.14 bits per heavy atom. The van der Waals surface area contributed by atoms with Crippen molar-refractivity contribution in [3.05, 3.63) is 28.3 Å². The number of hydrogen-bond donors (Lipinski definition) is 0. The summed E-state index contributed by atoms with van der Waals surface area (Å²) in [5.74, 6) is -0.705. The summed E-state index contributed by atoms with van der Waals surface area (Å²) >= 11 is 0. The van der Waals surface area contributed by atoms with Gasteiger partial charge >= 0.3 is 5.97 Å². The maximum atomic E-state index is 13.3. The number of benzene rings is 1. The summed E-state index contributed by atoms with van der Waals surface area (Å²) in [6.07, 6.45) is 3.06. The summed E-state index contributed by atoms with van der Waals surface area (Å²) in [4.78, 5) is 24.8. The third-order valence-electron chi connectivity index (χ3n) is 6.44. The van der Waals surface area contributed by atoms with E-state index in [9.17, 15) is 18.0 Å². The standard InChI is InChI=1S/C22H31NO5S/c1-14-13-15(2)17(4)21(16(14)3)29(26,27)23-11-9-18(10-12-23)22(25)28-20-8-6-5-7-19(20)24/h13,18,20H,5-12H2,1-4H3/t20-/m1/s1. The Morgan fingerprint density at radius 2 is 1.59 bits per heavy atom. The number of Topliss-reactive ketones (excluding diaryl/α,β-unsaturated/α-hetero) is 1. The largest absolute Gasteiger partial charge is 0.454 e. The summed E-state index contributed by atoms with van der Waals surface area (Å²) in [5, 5.41) is 0. The smallest absolute Gasteiger partial charge is 0.309 e. The molecule has 2 aliphatic rings. The summed E-state index contributed by atoms with van der Waals surface area (Å²) in [6.45, 7) is 8.12. The first-order valence-corrected chi connectivity index (χ1v) is 11.9. The molecule has 3 rings (SSSR count). The zero-order chi connectivity index (χ0) is 21.3. The van der Waals surface area contributed by atoms with Crippen molar-refractivity contribution in [3.8, 4) is 0 Å². The van der Waals surface area contributed by atoms with Crippen molar-refractivity contribution in [1.29, 1.82) is 0 Å². The number of ether oxygens (including phenoxy) is 1. The lowest BCUT2D eigenvalue weighted by Gasteiger charge is -2.32. The Labute approximate surface area is 173 Å². The van der Waals surface area contributed by atoms with Crippen LogP contribution in [0.4, 0.5) is 0 Å². The van der Waals surface area contributed by atoms with Gasteiger partial charge in [0, 0.05) is 19.5 Å². The first-order chi connectivity index (χ1) is 13.6. The third-order valence-corrected chi connectivity index (χ3v) is 8.61. The molecule has 1 aromatic carbocycles. The van der Waals surface area contributed by atoms with Crippen molar-refractivity contribution in [1.82, 2.24) is 4.31 Å². The van der Waals surface area contributed by atoms with Crippen LogP contribution in [-0.2, 0) is 24.3 Å². The van der Waals surface area contributed by atoms with E-state index < -0.39 is 16.1 Å². The molecular formula is C22H31NO5S. The van der Waals surface area contributed by atoms with Gasteiger partial charge in [0.25, 0.3) is 0 Å². The number of esters is 1. The first kappa shape index (κ1) is 22.0. The number of hydrogen-bond acceptors (Lipinski definition) is 5. The summed E-state index contributed by atoms with van der Waals surface area (Å²) < 4.78 is 33.6. The molecule has 6 nitrogen and oxygen atoms in total. The van der Waals surface area contributed by atoms with Crippen LogP contribution in [0.2, 0.25) is 0 Å². The van der Waals surface area contributed by atoms with E-state index in [0.717, 1.165) is 35.1 Å². The number of rotatable bonds is 4. The number of nitrogens with zero attached hydrogens (tertiary/aromatic N) is 1.